The highest BCUT2D eigenvalue weighted by Gasteiger charge is 2.45. The van der Waals surface area contributed by atoms with Gasteiger partial charge in [-0.15, -0.1) is 11.3 Å². The second-order valence-corrected chi connectivity index (χ2v) is 11.6. The number of aliphatic hydroxyl groups excluding tert-OH is 1. The smallest absolute Gasteiger partial charge is 0.305 e. The van der Waals surface area contributed by atoms with E-state index in [1.54, 1.807) is 11.3 Å². The maximum atomic E-state index is 11.4. The number of aliphatic hydroxyl groups is 1. The third-order valence-corrected chi connectivity index (χ3v) is 9.17. The summed E-state index contributed by atoms with van der Waals surface area (Å²) in [7, 11) is 0. The van der Waals surface area contributed by atoms with Gasteiger partial charge in [0.2, 0.25) is 0 Å². The molecule has 0 amide bonds. The Kier molecular flexibility index (Phi) is 13.6. The van der Waals surface area contributed by atoms with Crippen LogP contribution in [0.4, 0.5) is 0 Å². The van der Waals surface area contributed by atoms with Crippen LogP contribution in [0.25, 0.3) is 0 Å². The molecule has 1 saturated heterocycles. The van der Waals surface area contributed by atoms with Gasteiger partial charge >= 0.3 is 5.97 Å². The molecule has 3 fully saturated rings. The number of nitrogens with zero attached hydrogens (tertiary/aromatic N) is 2. The summed E-state index contributed by atoms with van der Waals surface area (Å²) in [5, 5.41) is 21.7. The van der Waals surface area contributed by atoms with Crippen LogP contribution in [0, 0.1) is 23.2 Å². The first-order valence-electron chi connectivity index (χ1n) is 14.4. The van der Waals surface area contributed by atoms with Crippen LogP contribution in [-0.2, 0) is 19.7 Å². The first-order valence-corrected chi connectivity index (χ1v) is 15.3. The SMILES string of the molecule is C/C=C\CCCC(=O)OCCN1CCOCC1.N#C[C@@H]1CCC(/C=C/CC(O)C2(c3cccs3)CCC2)C1. The molecule has 7 heteroatoms. The van der Waals surface area contributed by atoms with E-state index < -0.39 is 0 Å². The summed E-state index contributed by atoms with van der Waals surface area (Å²) in [5.41, 5.74) is 0.0172. The number of ether oxygens (including phenoxy) is 2. The molecule has 0 radical (unpaired) electrons. The van der Waals surface area contributed by atoms with Crippen LogP contribution >= 0.6 is 11.3 Å². The standard InChI is InChI=1S/C18H23NOS.C13H23NO3/c19-13-15-8-7-14(12-15)4-1-5-16(20)18(9-3-10-18)17-6-2-11-21-17;1-2-3-4-5-6-13(15)17-12-9-14-7-10-16-11-8-14/h1-2,4,6,11,14-16,20H,3,5,7-10,12H2;2-3H,4-12H2,1H3/b4-1+;3-2-/t14?,15-,16?;/m1./s1. The van der Waals surface area contributed by atoms with Crippen molar-refractivity contribution >= 4 is 17.3 Å². The van der Waals surface area contributed by atoms with Gasteiger partial charge in [0.1, 0.15) is 6.61 Å². The van der Waals surface area contributed by atoms with Crippen molar-refractivity contribution < 1.29 is 19.4 Å². The minimum atomic E-state index is -0.269. The van der Waals surface area contributed by atoms with Gasteiger partial charge in [0.25, 0.3) is 0 Å². The van der Waals surface area contributed by atoms with E-state index in [0.717, 1.165) is 84.2 Å². The molecule has 2 saturated carbocycles. The molecule has 3 atom stereocenters. The number of morpholine rings is 1. The van der Waals surface area contributed by atoms with E-state index in [4.69, 9.17) is 14.7 Å². The lowest BCUT2D eigenvalue weighted by atomic mass is 9.63. The molecule has 1 aromatic heterocycles. The van der Waals surface area contributed by atoms with Crippen LogP contribution in [0.2, 0.25) is 0 Å². The van der Waals surface area contributed by atoms with Gasteiger partial charge in [-0.05, 0) is 75.7 Å². The summed E-state index contributed by atoms with van der Waals surface area (Å²) in [6.45, 7) is 6.78. The van der Waals surface area contributed by atoms with E-state index in [-0.39, 0.29) is 23.4 Å². The number of rotatable bonds is 12. The van der Waals surface area contributed by atoms with Gasteiger partial charge in [-0.2, -0.15) is 5.26 Å². The number of carbonyl (C=O) groups excluding carboxylic acids is 1. The number of thiophene rings is 1. The number of esters is 1. The summed E-state index contributed by atoms with van der Waals surface area (Å²) < 4.78 is 10.4. The summed E-state index contributed by atoms with van der Waals surface area (Å²) >= 11 is 1.78. The van der Waals surface area contributed by atoms with Crippen molar-refractivity contribution in [3.05, 3.63) is 46.7 Å². The minimum absolute atomic E-state index is 0.0172. The fraction of sp³-hybridized carbons (Fsp3) is 0.677. The van der Waals surface area contributed by atoms with Gasteiger partial charge in [-0.1, -0.05) is 36.8 Å². The van der Waals surface area contributed by atoms with Gasteiger partial charge in [0.05, 0.1) is 25.4 Å². The summed E-state index contributed by atoms with van der Waals surface area (Å²) in [4.78, 5) is 15.0. The highest BCUT2D eigenvalue weighted by Crippen LogP contribution is 2.49. The Bertz CT molecular complexity index is 897. The summed E-state index contributed by atoms with van der Waals surface area (Å²) in [5.74, 6) is 0.706. The normalized spacial score (nSPS) is 23.9. The Labute approximate surface area is 233 Å². The van der Waals surface area contributed by atoms with Gasteiger partial charge in [-0.25, -0.2) is 0 Å². The van der Waals surface area contributed by atoms with Crippen LogP contribution in [0.5, 0.6) is 0 Å². The van der Waals surface area contributed by atoms with Crippen molar-refractivity contribution in [2.24, 2.45) is 11.8 Å². The molecular weight excluding hydrogens is 496 g/mol. The molecular formula is C31H46N2O4S. The van der Waals surface area contributed by atoms with E-state index >= 15 is 0 Å². The first-order chi connectivity index (χ1) is 18.6. The first kappa shape index (κ1) is 30.6. The Morgan fingerprint density at radius 1 is 1.34 bits per heavy atom. The van der Waals surface area contributed by atoms with Crippen LogP contribution in [0.1, 0.15) is 76.0 Å². The zero-order valence-electron chi connectivity index (χ0n) is 23.1. The maximum Gasteiger partial charge on any atom is 0.305 e. The van der Waals surface area contributed by atoms with E-state index in [0.29, 0.717) is 18.9 Å². The number of allylic oxidation sites excluding steroid dienone is 3. The van der Waals surface area contributed by atoms with Crippen molar-refractivity contribution in [3.8, 4) is 6.07 Å². The number of hydrogen-bond donors (Lipinski definition) is 1. The molecule has 1 aliphatic heterocycles. The molecule has 1 N–H and O–H groups in total. The van der Waals surface area contributed by atoms with Crippen molar-refractivity contribution in [3.63, 3.8) is 0 Å². The van der Waals surface area contributed by atoms with Crippen molar-refractivity contribution in [2.45, 2.75) is 82.7 Å². The molecule has 38 heavy (non-hydrogen) atoms. The lowest BCUT2D eigenvalue weighted by Gasteiger charge is -2.44. The monoisotopic (exact) mass is 542 g/mol. The highest BCUT2D eigenvalue weighted by atomic mass is 32.1. The second-order valence-electron chi connectivity index (χ2n) is 10.7. The third kappa shape index (κ3) is 9.64. The number of unbranched alkanes of at least 4 members (excludes halogenated alkanes) is 1. The molecule has 4 rings (SSSR count). The van der Waals surface area contributed by atoms with Crippen molar-refractivity contribution in [1.29, 1.82) is 5.26 Å². The van der Waals surface area contributed by atoms with Crippen molar-refractivity contribution in [2.75, 3.05) is 39.5 Å². The lowest BCUT2D eigenvalue weighted by molar-refractivity contribution is -0.144. The number of nitriles is 1. The maximum absolute atomic E-state index is 11.4. The molecule has 6 nitrogen and oxygen atoms in total. The summed E-state index contributed by atoms with van der Waals surface area (Å²) in [6.07, 6.45) is 17.9. The van der Waals surface area contributed by atoms with Crippen LogP contribution < -0.4 is 0 Å². The molecule has 1 aromatic rings. The Balaban J connectivity index is 0.000000216. The molecule has 0 aromatic carbocycles. The quantitative estimate of drug-likeness (QED) is 0.197. The zero-order valence-corrected chi connectivity index (χ0v) is 23.9. The van der Waals surface area contributed by atoms with Crippen molar-refractivity contribution in [1.82, 2.24) is 4.90 Å². The van der Waals surface area contributed by atoms with E-state index in [2.05, 4.69) is 46.7 Å². The van der Waals surface area contributed by atoms with Gasteiger partial charge in [0, 0.05) is 42.3 Å². The number of carbonyl (C=O) groups is 1. The van der Waals surface area contributed by atoms with E-state index in [9.17, 15) is 9.90 Å². The van der Waals surface area contributed by atoms with Gasteiger partial charge in [-0.3, -0.25) is 9.69 Å². The van der Waals surface area contributed by atoms with Crippen LogP contribution in [0.15, 0.2) is 41.8 Å². The molecule has 2 heterocycles. The average Bonchev–Trinajstić information content (AvgIpc) is 3.60. The third-order valence-electron chi connectivity index (χ3n) is 8.08. The van der Waals surface area contributed by atoms with Crippen LogP contribution in [0.3, 0.4) is 0 Å². The predicted octanol–water partition coefficient (Wildman–Crippen LogP) is 6.03. The predicted molar refractivity (Wildman–Crippen MR) is 153 cm³/mol. The topological polar surface area (TPSA) is 82.8 Å². The largest absolute Gasteiger partial charge is 0.464 e. The fourth-order valence-corrected chi connectivity index (χ4v) is 6.55. The fourth-order valence-electron chi connectivity index (χ4n) is 5.51. The Morgan fingerprint density at radius 2 is 2.16 bits per heavy atom. The average molecular weight is 543 g/mol. The molecule has 2 unspecified atom stereocenters. The Morgan fingerprint density at radius 3 is 2.79 bits per heavy atom. The lowest BCUT2D eigenvalue weighted by Crippen LogP contribution is -2.44. The highest BCUT2D eigenvalue weighted by molar-refractivity contribution is 7.10. The van der Waals surface area contributed by atoms with Crippen LogP contribution in [-0.4, -0.2) is 61.5 Å². The zero-order chi connectivity index (χ0) is 27.1. The van der Waals surface area contributed by atoms with E-state index in [1.807, 2.05) is 13.0 Å². The molecule has 210 valence electrons. The minimum Gasteiger partial charge on any atom is -0.464 e. The molecule has 0 spiro atoms. The second kappa shape index (κ2) is 16.9. The van der Waals surface area contributed by atoms with Gasteiger partial charge in [0.15, 0.2) is 0 Å². The number of hydrogen-bond acceptors (Lipinski definition) is 7. The summed E-state index contributed by atoms with van der Waals surface area (Å²) in [6, 6.07) is 6.63. The molecule has 3 aliphatic rings. The Hall–Kier alpha value is -1.98. The molecule has 0 bridgehead atoms. The molecule has 2 aliphatic carbocycles. The van der Waals surface area contributed by atoms with E-state index in [1.165, 1.54) is 11.3 Å². The van der Waals surface area contributed by atoms with Gasteiger partial charge < -0.3 is 14.6 Å².